The zero-order chi connectivity index (χ0) is 9.78. The summed E-state index contributed by atoms with van der Waals surface area (Å²) in [6.45, 7) is 5.24. The lowest BCUT2D eigenvalue weighted by Gasteiger charge is -2.04. The third-order valence-corrected chi connectivity index (χ3v) is 1.93. The van der Waals surface area contributed by atoms with E-state index in [0.717, 1.165) is 25.6 Å². The normalized spacial score (nSPS) is 10.6. The van der Waals surface area contributed by atoms with Gasteiger partial charge in [-0.2, -0.15) is 12.6 Å². The molecule has 0 heterocycles. The van der Waals surface area contributed by atoms with Crippen molar-refractivity contribution >= 4 is 12.6 Å². The SMILES string of the molecule is CCCCCCOCCOCCS. The zero-order valence-electron chi connectivity index (χ0n) is 8.63. The molecule has 0 aliphatic heterocycles. The van der Waals surface area contributed by atoms with Crippen LogP contribution in [0.5, 0.6) is 0 Å². The second-order valence-corrected chi connectivity index (χ2v) is 3.46. The van der Waals surface area contributed by atoms with E-state index >= 15 is 0 Å². The molecule has 2 nitrogen and oxygen atoms in total. The van der Waals surface area contributed by atoms with Crippen LogP contribution in [0.2, 0.25) is 0 Å². The monoisotopic (exact) mass is 206 g/mol. The minimum atomic E-state index is 0.703. The quantitative estimate of drug-likeness (QED) is 0.437. The molecule has 0 saturated carbocycles. The predicted molar refractivity (Wildman–Crippen MR) is 59.6 cm³/mol. The highest BCUT2D eigenvalue weighted by Crippen LogP contribution is 1.98. The average Bonchev–Trinajstić information content (AvgIpc) is 2.16. The standard InChI is InChI=1S/C10H22O2S/c1-2-3-4-5-6-11-7-8-12-9-10-13/h13H,2-10H2,1H3. The van der Waals surface area contributed by atoms with Crippen molar-refractivity contribution in [2.24, 2.45) is 0 Å². The van der Waals surface area contributed by atoms with Gasteiger partial charge in [0.25, 0.3) is 0 Å². The molecule has 0 amide bonds. The highest BCUT2D eigenvalue weighted by atomic mass is 32.1. The molecule has 0 aromatic rings. The van der Waals surface area contributed by atoms with Gasteiger partial charge in [0.1, 0.15) is 0 Å². The Bertz CT molecular complexity index is 79.0. The van der Waals surface area contributed by atoms with Crippen molar-refractivity contribution in [1.29, 1.82) is 0 Å². The first-order valence-corrected chi connectivity index (χ1v) is 5.81. The fourth-order valence-electron chi connectivity index (χ4n) is 1.02. The van der Waals surface area contributed by atoms with Crippen molar-refractivity contribution in [3.8, 4) is 0 Å². The molecule has 0 unspecified atom stereocenters. The van der Waals surface area contributed by atoms with Gasteiger partial charge in [0, 0.05) is 12.4 Å². The van der Waals surface area contributed by atoms with Gasteiger partial charge in [0.2, 0.25) is 0 Å². The Kier molecular flexibility index (Phi) is 12.5. The zero-order valence-corrected chi connectivity index (χ0v) is 9.52. The van der Waals surface area contributed by atoms with E-state index < -0.39 is 0 Å². The second-order valence-electron chi connectivity index (χ2n) is 3.01. The summed E-state index contributed by atoms with van der Waals surface area (Å²) in [4.78, 5) is 0. The van der Waals surface area contributed by atoms with Gasteiger partial charge in [-0.05, 0) is 6.42 Å². The fourth-order valence-corrected chi connectivity index (χ4v) is 1.15. The number of ether oxygens (including phenoxy) is 2. The second kappa shape index (κ2) is 12.3. The lowest BCUT2D eigenvalue weighted by Crippen LogP contribution is -2.06. The van der Waals surface area contributed by atoms with Crippen molar-refractivity contribution < 1.29 is 9.47 Å². The molecule has 3 heteroatoms. The lowest BCUT2D eigenvalue weighted by atomic mass is 10.2. The Labute approximate surface area is 87.4 Å². The van der Waals surface area contributed by atoms with E-state index in [9.17, 15) is 0 Å². The fraction of sp³-hybridized carbons (Fsp3) is 1.00. The van der Waals surface area contributed by atoms with Gasteiger partial charge in [-0.25, -0.2) is 0 Å². The van der Waals surface area contributed by atoms with Crippen molar-refractivity contribution in [2.75, 3.05) is 32.2 Å². The molecule has 0 aliphatic carbocycles. The molecule has 13 heavy (non-hydrogen) atoms. The van der Waals surface area contributed by atoms with Crippen LogP contribution in [0.15, 0.2) is 0 Å². The number of unbranched alkanes of at least 4 members (excludes halogenated alkanes) is 3. The number of rotatable bonds is 10. The van der Waals surface area contributed by atoms with E-state index in [1.165, 1.54) is 25.7 Å². The first-order chi connectivity index (χ1) is 6.41. The average molecular weight is 206 g/mol. The van der Waals surface area contributed by atoms with Gasteiger partial charge < -0.3 is 9.47 Å². The van der Waals surface area contributed by atoms with Crippen LogP contribution in [-0.2, 0) is 9.47 Å². The van der Waals surface area contributed by atoms with Crippen LogP contribution in [0.25, 0.3) is 0 Å². The smallest absolute Gasteiger partial charge is 0.0700 e. The van der Waals surface area contributed by atoms with E-state index in [2.05, 4.69) is 19.6 Å². The van der Waals surface area contributed by atoms with Crippen molar-refractivity contribution in [3.05, 3.63) is 0 Å². The third kappa shape index (κ3) is 12.3. The van der Waals surface area contributed by atoms with Crippen LogP contribution in [0.3, 0.4) is 0 Å². The summed E-state index contributed by atoms with van der Waals surface area (Å²) >= 11 is 4.04. The van der Waals surface area contributed by atoms with Crippen molar-refractivity contribution in [2.45, 2.75) is 32.6 Å². The maximum atomic E-state index is 5.38. The van der Waals surface area contributed by atoms with E-state index in [1.807, 2.05) is 0 Å². The van der Waals surface area contributed by atoms with Gasteiger partial charge >= 0.3 is 0 Å². The first kappa shape index (κ1) is 13.3. The summed E-state index contributed by atoms with van der Waals surface area (Å²) in [5.41, 5.74) is 0. The molecule has 0 rings (SSSR count). The highest BCUT2D eigenvalue weighted by Gasteiger charge is 1.90. The minimum absolute atomic E-state index is 0.703. The summed E-state index contributed by atoms with van der Waals surface area (Å²) in [5.74, 6) is 0.788. The summed E-state index contributed by atoms with van der Waals surface area (Å²) in [6, 6.07) is 0. The molecule has 0 N–H and O–H groups in total. The number of hydrogen-bond donors (Lipinski definition) is 1. The van der Waals surface area contributed by atoms with Crippen molar-refractivity contribution in [1.82, 2.24) is 0 Å². The van der Waals surface area contributed by atoms with Crippen LogP contribution < -0.4 is 0 Å². The summed E-state index contributed by atoms with van der Waals surface area (Å²) < 4.78 is 10.6. The van der Waals surface area contributed by atoms with Gasteiger partial charge in [0.05, 0.1) is 19.8 Å². The van der Waals surface area contributed by atoms with E-state index in [0.29, 0.717) is 6.61 Å². The van der Waals surface area contributed by atoms with Crippen molar-refractivity contribution in [3.63, 3.8) is 0 Å². The third-order valence-electron chi connectivity index (χ3n) is 1.75. The topological polar surface area (TPSA) is 18.5 Å². The molecule has 0 aliphatic rings. The Hall–Kier alpha value is 0.270. The lowest BCUT2D eigenvalue weighted by molar-refractivity contribution is 0.0523. The predicted octanol–water partition coefficient (Wildman–Crippen LogP) is 2.53. The van der Waals surface area contributed by atoms with Crippen LogP contribution in [0.1, 0.15) is 32.6 Å². The molecule has 0 saturated heterocycles. The van der Waals surface area contributed by atoms with Gasteiger partial charge in [-0.15, -0.1) is 0 Å². The molecular formula is C10H22O2S. The maximum Gasteiger partial charge on any atom is 0.0700 e. The van der Waals surface area contributed by atoms with E-state index in [-0.39, 0.29) is 0 Å². The molecule has 80 valence electrons. The summed E-state index contributed by atoms with van der Waals surface area (Å²) in [5, 5.41) is 0. The van der Waals surface area contributed by atoms with Gasteiger partial charge in [-0.1, -0.05) is 26.2 Å². The van der Waals surface area contributed by atoms with Crippen LogP contribution >= 0.6 is 12.6 Å². The van der Waals surface area contributed by atoms with Crippen LogP contribution in [0.4, 0.5) is 0 Å². The molecule has 0 radical (unpaired) electrons. The minimum Gasteiger partial charge on any atom is -0.379 e. The Balaban J connectivity index is 2.76. The summed E-state index contributed by atoms with van der Waals surface area (Å²) in [7, 11) is 0. The number of hydrogen-bond acceptors (Lipinski definition) is 3. The van der Waals surface area contributed by atoms with Crippen LogP contribution in [0, 0.1) is 0 Å². The van der Waals surface area contributed by atoms with E-state index in [4.69, 9.17) is 9.47 Å². The molecule has 0 spiro atoms. The molecule has 0 atom stereocenters. The molecule has 0 fully saturated rings. The van der Waals surface area contributed by atoms with Gasteiger partial charge in [-0.3, -0.25) is 0 Å². The Morgan fingerprint density at radius 1 is 0.846 bits per heavy atom. The number of thiol groups is 1. The largest absolute Gasteiger partial charge is 0.379 e. The first-order valence-electron chi connectivity index (χ1n) is 5.18. The van der Waals surface area contributed by atoms with Crippen LogP contribution in [-0.4, -0.2) is 32.2 Å². The Morgan fingerprint density at radius 2 is 1.54 bits per heavy atom. The maximum absolute atomic E-state index is 5.38. The molecular weight excluding hydrogens is 184 g/mol. The summed E-state index contributed by atoms with van der Waals surface area (Å²) in [6.07, 6.45) is 5.07. The highest BCUT2D eigenvalue weighted by molar-refractivity contribution is 7.80. The molecule has 0 aromatic carbocycles. The van der Waals surface area contributed by atoms with E-state index in [1.54, 1.807) is 0 Å². The molecule has 0 bridgehead atoms. The van der Waals surface area contributed by atoms with Gasteiger partial charge in [0.15, 0.2) is 0 Å². The molecule has 0 aromatic heterocycles. The Morgan fingerprint density at radius 3 is 2.15 bits per heavy atom.